The van der Waals surface area contributed by atoms with Crippen molar-refractivity contribution in [3.63, 3.8) is 0 Å². The summed E-state index contributed by atoms with van der Waals surface area (Å²) in [6.45, 7) is 1.94. The van der Waals surface area contributed by atoms with Crippen LogP contribution in [0.1, 0.15) is 49.7 Å². The predicted molar refractivity (Wildman–Crippen MR) is 70.9 cm³/mol. The van der Waals surface area contributed by atoms with Crippen LogP contribution in [-0.4, -0.2) is 0 Å². The monoisotopic (exact) mass is 304 g/mol. The SMILES string of the molecule is C/C=C/C1CCC(c2cc(F)c(C(F)(F)F)c(F)c2)CC1. The van der Waals surface area contributed by atoms with Gasteiger partial charge in [-0.15, -0.1) is 0 Å². The van der Waals surface area contributed by atoms with Crippen LogP contribution >= 0.6 is 0 Å². The maximum absolute atomic E-state index is 13.6. The molecule has 0 nitrogen and oxygen atoms in total. The zero-order chi connectivity index (χ0) is 15.6. The molecule has 0 amide bonds. The molecule has 1 saturated carbocycles. The number of hydrogen-bond acceptors (Lipinski definition) is 0. The van der Waals surface area contributed by atoms with Crippen molar-refractivity contribution < 1.29 is 22.0 Å². The maximum atomic E-state index is 13.6. The van der Waals surface area contributed by atoms with Crippen molar-refractivity contribution in [3.05, 3.63) is 47.0 Å². The maximum Gasteiger partial charge on any atom is 0.422 e. The zero-order valence-corrected chi connectivity index (χ0v) is 11.7. The Morgan fingerprint density at radius 2 is 1.52 bits per heavy atom. The lowest BCUT2D eigenvalue weighted by Gasteiger charge is -2.27. The molecule has 0 unspecified atom stereocenters. The molecule has 5 heteroatoms. The standard InChI is InChI=1S/C16H17F5/c1-2-3-10-4-6-11(7-5-10)12-8-13(17)15(14(18)9-12)16(19,20)21/h2-3,8-11H,4-7H2,1H3/b3-2+. The van der Waals surface area contributed by atoms with E-state index in [0.29, 0.717) is 11.5 Å². The van der Waals surface area contributed by atoms with E-state index in [1.165, 1.54) is 0 Å². The second-order valence-electron chi connectivity index (χ2n) is 5.49. The summed E-state index contributed by atoms with van der Waals surface area (Å²) in [7, 11) is 0. The topological polar surface area (TPSA) is 0 Å². The second kappa shape index (κ2) is 6.16. The first-order chi connectivity index (χ1) is 9.82. The fourth-order valence-corrected chi connectivity index (χ4v) is 3.02. The summed E-state index contributed by atoms with van der Waals surface area (Å²) >= 11 is 0. The minimum Gasteiger partial charge on any atom is -0.206 e. The Bertz CT molecular complexity index is 499. The van der Waals surface area contributed by atoms with Crippen molar-refractivity contribution in [2.24, 2.45) is 5.92 Å². The van der Waals surface area contributed by atoms with Gasteiger partial charge in [-0.2, -0.15) is 13.2 Å². The molecule has 0 radical (unpaired) electrons. The van der Waals surface area contributed by atoms with E-state index in [0.717, 1.165) is 37.8 Å². The molecular formula is C16H17F5. The van der Waals surface area contributed by atoms with E-state index in [1.54, 1.807) is 0 Å². The van der Waals surface area contributed by atoms with Crippen LogP contribution in [0.25, 0.3) is 0 Å². The van der Waals surface area contributed by atoms with Gasteiger partial charge in [-0.3, -0.25) is 0 Å². The smallest absolute Gasteiger partial charge is 0.206 e. The highest BCUT2D eigenvalue weighted by atomic mass is 19.4. The molecule has 0 atom stereocenters. The van der Waals surface area contributed by atoms with E-state index in [-0.39, 0.29) is 5.92 Å². The van der Waals surface area contributed by atoms with Crippen LogP contribution in [0.2, 0.25) is 0 Å². The van der Waals surface area contributed by atoms with Gasteiger partial charge in [0.1, 0.15) is 17.2 Å². The van der Waals surface area contributed by atoms with Crippen molar-refractivity contribution in [2.75, 3.05) is 0 Å². The third kappa shape index (κ3) is 3.63. The minimum atomic E-state index is -5.00. The molecule has 0 bridgehead atoms. The van der Waals surface area contributed by atoms with E-state index in [9.17, 15) is 22.0 Å². The Morgan fingerprint density at radius 3 is 1.95 bits per heavy atom. The van der Waals surface area contributed by atoms with Crippen LogP contribution in [0.3, 0.4) is 0 Å². The molecule has 0 heterocycles. The fraction of sp³-hybridized carbons (Fsp3) is 0.500. The lowest BCUT2D eigenvalue weighted by atomic mass is 9.78. The lowest BCUT2D eigenvalue weighted by molar-refractivity contribution is -0.142. The van der Waals surface area contributed by atoms with Gasteiger partial charge in [0.25, 0.3) is 0 Å². The summed E-state index contributed by atoms with van der Waals surface area (Å²) in [5, 5.41) is 0. The molecule has 0 aromatic heterocycles. The Morgan fingerprint density at radius 1 is 1.00 bits per heavy atom. The molecular weight excluding hydrogens is 287 g/mol. The summed E-state index contributed by atoms with van der Waals surface area (Å²) in [6.07, 6.45) is 2.32. The van der Waals surface area contributed by atoms with Gasteiger partial charge in [-0.25, -0.2) is 8.78 Å². The van der Waals surface area contributed by atoms with Gasteiger partial charge in [0.05, 0.1) is 0 Å². The molecule has 21 heavy (non-hydrogen) atoms. The van der Waals surface area contributed by atoms with E-state index in [4.69, 9.17) is 0 Å². The molecule has 0 aliphatic heterocycles. The molecule has 1 aliphatic carbocycles. The zero-order valence-electron chi connectivity index (χ0n) is 11.7. The lowest BCUT2D eigenvalue weighted by Crippen LogP contribution is -2.15. The minimum absolute atomic E-state index is 0.0715. The third-order valence-electron chi connectivity index (χ3n) is 4.06. The number of alkyl halides is 3. The van der Waals surface area contributed by atoms with Crippen LogP contribution in [0.15, 0.2) is 24.3 Å². The first-order valence-electron chi connectivity index (χ1n) is 7.02. The van der Waals surface area contributed by atoms with Crippen molar-refractivity contribution >= 4 is 0 Å². The highest BCUT2D eigenvalue weighted by Gasteiger charge is 2.38. The van der Waals surface area contributed by atoms with Crippen molar-refractivity contribution in [1.29, 1.82) is 0 Å². The van der Waals surface area contributed by atoms with Gasteiger partial charge in [0, 0.05) is 0 Å². The van der Waals surface area contributed by atoms with Crippen molar-refractivity contribution in [2.45, 2.75) is 44.7 Å². The summed E-state index contributed by atoms with van der Waals surface area (Å²) < 4.78 is 64.8. The van der Waals surface area contributed by atoms with Crippen molar-refractivity contribution in [3.8, 4) is 0 Å². The van der Waals surface area contributed by atoms with Crippen molar-refractivity contribution in [1.82, 2.24) is 0 Å². The average Bonchev–Trinajstić information content (AvgIpc) is 2.37. The summed E-state index contributed by atoms with van der Waals surface area (Å²) in [5.74, 6) is -2.66. The molecule has 0 spiro atoms. The molecule has 116 valence electrons. The largest absolute Gasteiger partial charge is 0.422 e. The number of halogens is 5. The Hall–Kier alpha value is -1.39. The molecule has 1 aromatic rings. The highest BCUT2D eigenvalue weighted by molar-refractivity contribution is 5.30. The van der Waals surface area contributed by atoms with Crippen LogP contribution in [0, 0.1) is 17.6 Å². The normalized spacial score (nSPS) is 23.7. The predicted octanol–water partition coefficient (Wildman–Crippen LogP) is 5.83. The summed E-state index contributed by atoms with van der Waals surface area (Å²) in [4.78, 5) is 0. The van der Waals surface area contributed by atoms with Crippen LogP contribution in [0.5, 0.6) is 0 Å². The number of allylic oxidation sites excluding steroid dienone is 2. The van der Waals surface area contributed by atoms with Gasteiger partial charge >= 0.3 is 6.18 Å². The third-order valence-corrected chi connectivity index (χ3v) is 4.06. The number of hydrogen-bond donors (Lipinski definition) is 0. The molecule has 2 rings (SSSR count). The van der Waals surface area contributed by atoms with Gasteiger partial charge < -0.3 is 0 Å². The quantitative estimate of drug-likeness (QED) is 0.476. The highest BCUT2D eigenvalue weighted by Crippen LogP contribution is 2.39. The van der Waals surface area contributed by atoms with Gasteiger partial charge in [-0.1, -0.05) is 12.2 Å². The van der Waals surface area contributed by atoms with Crippen LogP contribution < -0.4 is 0 Å². The van der Waals surface area contributed by atoms with E-state index in [1.807, 2.05) is 13.0 Å². The van der Waals surface area contributed by atoms with E-state index < -0.39 is 23.4 Å². The van der Waals surface area contributed by atoms with Crippen LogP contribution in [-0.2, 0) is 6.18 Å². The van der Waals surface area contributed by atoms with Gasteiger partial charge in [0.2, 0.25) is 0 Å². The van der Waals surface area contributed by atoms with Gasteiger partial charge in [-0.05, 0) is 62.1 Å². The Kier molecular flexibility index (Phi) is 4.69. The van der Waals surface area contributed by atoms with E-state index in [2.05, 4.69) is 6.08 Å². The van der Waals surface area contributed by atoms with E-state index >= 15 is 0 Å². The molecule has 0 N–H and O–H groups in total. The summed E-state index contributed by atoms with van der Waals surface area (Å²) in [6, 6.07) is 1.68. The molecule has 1 aromatic carbocycles. The van der Waals surface area contributed by atoms with Gasteiger partial charge in [0.15, 0.2) is 0 Å². The summed E-state index contributed by atoms with van der Waals surface area (Å²) in [5.41, 5.74) is -1.47. The number of rotatable bonds is 2. The first-order valence-corrected chi connectivity index (χ1v) is 7.02. The Balaban J connectivity index is 2.20. The number of benzene rings is 1. The second-order valence-corrected chi connectivity index (χ2v) is 5.49. The fourth-order valence-electron chi connectivity index (χ4n) is 3.02. The Labute approximate surface area is 120 Å². The average molecular weight is 304 g/mol. The van der Waals surface area contributed by atoms with Crippen LogP contribution in [0.4, 0.5) is 22.0 Å². The molecule has 1 fully saturated rings. The first kappa shape index (κ1) is 16.0. The molecule has 0 saturated heterocycles. The molecule has 1 aliphatic rings.